The first-order valence-corrected chi connectivity index (χ1v) is 41.2. The maximum absolute atomic E-state index is 16.4. The number of ether oxygens (including phenoxy) is 16. The summed E-state index contributed by atoms with van der Waals surface area (Å²) in [7, 11) is 3.11. The highest BCUT2D eigenvalue weighted by Crippen LogP contribution is 2.69. The molecule has 7 aliphatic heterocycles. The quantitative estimate of drug-likeness (QED) is 0.0681. The molecule has 7 heterocycles. The van der Waals surface area contributed by atoms with E-state index in [2.05, 4.69) is 0 Å². The van der Waals surface area contributed by atoms with Crippen molar-refractivity contribution in [1.29, 1.82) is 0 Å². The average molecular weight is 1680 g/mol. The monoisotopic (exact) mass is 1680 g/mol. The number of allylic oxidation sites excluding steroid dienone is 2. The van der Waals surface area contributed by atoms with E-state index in [1.54, 1.807) is 41.5 Å². The van der Waals surface area contributed by atoms with Gasteiger partial charge in [-0.2, -0.15) is 0 Å². The van der Waals surface area contributed by atoms with Crippen LogP contribution in [-0.2, 0) is 77.5 Å². The zero-order valence-electron chi connectivity index (χ0n) is 68.1. The molecule has 7 saturated heterocycles. The van der Waals surface area contributed by atoms with Crippen LogP contribution in [0.1, 0.15) is 216 Å². The summed E-state index contributed by atoms with van der Waals surface area (Å²) in [6, 6.07) is 1.25. The number of phenolic OH excluding ortho intramolecular Hbond substituents is 4. The summed E-state index contributed by atoms with van der Waals surface area (Å²) in [4.78, 5) is 77.0. The summed E-state index contributed by atoms with van der Waals surface area (Å²) in [5.41, 5.74) is -19.7. The van der Waals surface area contributed by atoms with Crippen molar-refractivity contribution in [2.45, 2.75) is 346 Å². The molecule has 119 heavy (non-hydrogen) atoms. The minimum Gasteiger partial charge on any atom is -0.507 e. The van der Waals surface area contributed by atoms with E-state index >= 15 is 19.2 Å². The minimum absolute atomic E-state index is 0.00463. The van der Waals surface area contributed by atoms with Crippen molar-refractivity contribution in [2.24, 2.45) is 11.8 Å². The molecule has 3 aromatic rings. The number of phenols is 4. The van der Waals surface area contributed by atoms with Gasteiger partial charge < -0.3 is 152 Å². The molecule has 36 nitrogen and oxygen atoms in total. The van der Waals surface area contributed by atoms with Gasteiger partial charge in [-0.05, 0) is 105 Å². The standard InChI is InChI=1S/C83H110O36/c1-13-22-80(101)77(117-45-19-16-43(31(5)108-45)114-47-21-24-79(100,34(8)84)35(9)112-47)67(96)70(115-48-27-40(86)59(88)32(6)110-48)38-26-36-25-37-51(61(90)50(36)75(98)82(38,80)102)62(91)55(73(106-12)69(37)104-10)54-63(92)52-53(66(95)72(54)105-11)64(93)56-57(65(52)94)76(99)83(103)58-71(56)119-81(83,23-14-2)78(68(97)74(58)116-49-28-41(87)60(89)33(7)111-49)118-46-20-17-42(30(4)109-46)113-44-18-15-39(85)29(3)107-44/h25,29-33,35,38-49,58-60,67-68,70-71,74,77-78,85-91,93-94,96-97,100-103H,13-24,26-28H2,1-12H3/t29-,30-,31-,32+,33+,35-,38?,39-,40-,41-,42+,43+,44-,45+,46+,47-,48+,49?,58?,59+,60+,67?,68?,70?,71?,74?,77?,78?,79+,80?,81?,82?,83?/m1/s1. The second-order valence-corrected chi connectivity index (χ2v) is 34.3. The molecule has 14 unspecified atom stereocenters. The molecular weight excluding hydrogens is 1570 g/mol. The van der Waals surface area contributed by atoms with Crippen molar-refractivity contribution >= 4 is 45.3 Å². The molecular formula is C83H110O36. The fraction of sp³-hybridized carbons (Fsp3) is 0.723. The van der Waals surface area contributed by atoms with Gasteiger partial charge in [0.15, 0.2) is 72.0 Å². The molecule has 15 N–H and O–H groups in total. The van der Waals surface area contributed by atoms with Crippen molar-refractivity contribution in [3.05, 3.63) is 50.8 Å². The van der Waals surface area contributed by atoms with Crippen LogP contribution in [0.5, 0.6) is 34.5 Å². The number of hydrogen-bond donors (Lipinski definition) is 15. The molecule has 33 atom stereocenters. The number of aliphatic hydroxyl groups is 11. The third-order valence-electron chi connectivity index (χ3n) is 27.5. The first-order valence-electron chi connectivity index (χ1n) is 41.2. The Balaban J connectivity index is 0.806. The van der Waals surface area contributed by atoms with E-state index in [-0.39, 0.29) is 68.7 Å². The number of aliphatic hydroxyl groups excluding tert-OH is 7. The summed E-state index contributed by atoms with van der Waals surface area (Å²) in [6.07, 6.45) is -33.8. The Bertz CT molecular complexity index is 4470. The van der Waals surface area contributed by atoms with Crippen molar-refractivity contribution < 1.29 is 176 Å². The molecule has 9 fully saturated rings. The number of benzene rings is 3. The molecule has 36 heteroatoms. The Labute approximate surface area is 683 Å². The highest BCUT2D eigenvalue weighted by atomic mass is 16.8. The second kappa shape index (κ2) is 32.3. The maximum atomic E-state index is 16.4. The van der Waals surface area contributed by atoms with Crippen LogP contribution in [0.2, 0.25) is 0 Å². The Morgan fingerprint density at radius 2 is 1.01 bits per heavy atom. The van der Waals surface area contributed by atoms with Crippen molar-refractivity contribution in [3.63, 3.8) is 0 Å². The predicted molar refractivity (Wildman–Crippen MR) is 402 cm³/mol. The Morgan fingerprint density at radius 1 is 0.496 bits per heavy atom. The summed E-state index contributed by atoms with van der Waals surface area (Å²) < 4.78 is 101. The number of methoxy groups -OCH3 is 3. The van der Waals surface area contributed by atoms with Crippen LogP contribution in [0.25, 0.3) is 16.3 Å². The van der Waals surface area contributed by atoms with Gasteiger partial charge in [0.05, 0.1) is 151 Å². The number of fused-ring (bicyclic) bond motifs is 6. The summed E-state index contributed by atoms with van der Waals surface area (Å²) in [5.74, 6) is -16.7. The zero-order valence-corrected chi connectivity index (χ0v) is 68.1. The predicted octanol–water partition coefficient (Wildman–Crippen LogP) is 2.44. The smallest absolute Gasteiger partial charge is 0.232 e. The average Bonchev–Trinajstić information content (AvgIpc) is 1.43. The first kappa shape index (κ1) is 87.5. The van der Waals surface area contributed by atoms with E-state index in [4.69, 9.17) is 75.8 Å². The van der Waals surface area contributed by atoms with Crippen molar-refractivity contribution in [1.82, 2.24) is 0 Å². The largest absolute Gasteiger partial charge is 0.507 e. The Morgan fingerprint density at radius 3 is 1.55 bits per heavy atom. The summed E-state index contributed by atoms with van der Waals surface area (Å²) in [6.45, 7) is 14.1. The molecule has 5 aliphatic carbocycles. The lowest BCUT2D eigenvalue weighted by Gasteiger charge is -2.60. The van der Waals surface area contributed by atoms with Crippen LogP contribution in [0, 0.1) is 11.8 Å². The zero-order chi connectivity index (χ0) is 86.0. The van der Waals surface area contributed by atoms with Gasteiger partial charge in [0.25, 0.3) is 0 Å². The molecule has 3 aromatic carbocycles. The van der Waals surface area contributed by atoms with Gasteiger partial charge in [-0.15, -0.1) is 0 Å². The minimum atomic E-state index is -3.20. The third-order valence-corrected chi connectivity index (χ3v) is 27.5. The van der Waals surface area contributed by atoms with E-state index in [1.807, 2.05) is 0 Å². The van der Waals surface area contributed by atoms with Crippen LogP contribution >= 0.6 is 0 Å². The number of ketones is 5. The van der Waals surface area contributed by atoms with E-state index in [1.165, 1.54) is 26.8 Å². The molecule has 12 aliphatic rings. The van der Waals surface area contributed by atoms with Crippen LogP contribution < -0.4 is 9.47 Å². The fourth-order valence-corrected chi connectivity index (χ4v) is 21.2. The lowest BCUT2D eigenvalue weighted by Crippen LogP contribution is -2.80. The van der Waals surface area contributed by atoms with Crippen LogP contribution in [0.15, 0.2) is 11.8 Å². The number of aromatic hydroxyl groups is 4. The second-order valence-electron chi connectivity index (χ2n) is 34.3. The maximum Gasteiger partial charge on any atom is 0.232 e. The van der Waals surface area contributed by atoms with Crippen LogP contribution in [0.3, 0.4) is 0 Å². The number of rotatable bonds is 21. The molecule has 15 rings (SSSR count). The molecule has 0 spiro atoms. The highest BCUT2D eigenvalue weighted by molar-refractivity contribution is 6.43. The number of carbonyl (C=O) groups excluding carboxylic acids is 5. The Hall–Kier alpha value is -6.35. The Kier molecular flexibility index (Phi) is 23.8. The van der Waals surface area contributed by atoms with E-state index in [0.717, 1.165) is 21.3 Å². The SMILES string of the molecule is CCCC1(O)C(O[C@H]2CC[C@H](O[C@@H]3CC[C@](O)(C(C)=O)[C@@H](C)O3)[C@@H](C)O2)C(O)C(O[C@H]2C[C@@H](O)[C@@H](O)[C@H](C)O2)C2Cc3cc4c(OC)c(OC)c(C5=C(OC)C(=O)c6c(O)c7c(c(O)c6C5=O)C(=O)C5(O)C6C7OC5(CCC)C(O[C@H]5CC[C@H](O[C@@H]7CC[C@@H](O)[C@@H](C)O7)[C@@H](C)O5)C(O)C6OC5C[C@@H](O)[C@@H](O)[C@H](C)O5)c(O)c4c(O)c3C(=O)C21O. The molecule has 0 radical (unpaired) electrons. The van der Waals surface area contributed by atoms with Gasteiger partial charge >= 0.3 is 0 Å². The topological polar surface area (TPSA) is 536 Å². The molecule has 4 bridgehead atoms. The number of hydrogen-bond acceptors (Lipinski definition) is 36. The van der Waals surface area contributed by atoms with Gasteiger partial charge in [0.1, 0.15) is 76.4 Å². The normalized spacial score (nSPS) is 43.4. The molecule has 0 aromatic heterocycles. The van der Waals surface area contributed by atoms with Crippen LogP contribution in [-0.4, -0.2) is 309 Å². The first-order chi connectivity index (χ1) is 56.3. The third kappa shape index (κ3) is 13.5. The number of Topliss-reactive ketones (excluding diaryl/α,β-unsaturated/α-hetero) is 5. The van der Waals surface area contributed by atoms with Crippen molar-refractivity contribution in [2.75, 3.05) is 21.3 Å². The van der Waals surface area contributed by atoms with Crippen molar-refractivity contribution in [3.8, 4) is 34.5 Å². The van der Waals surface area contributed by atoms with Gasteiger partial charge in [0.2, 0.25) is 23.1 Å². The van der Waals surface area contributed by atoms with Gasteiger partial charge in [-0.3, -0.25) is 24.0 Å². The summed E-state index contributed by atoms with van der Waals surface area (Å²) in [5, 5.41) is 184. The lowest BCUT2D eigenvalue weighted by molar-refractivity contribution is -0.358. The summed E-state index contributed by atoms with van der Waals surface area (Å²) >= 11 is 0. The fourth-order valence-electron chi connectivity index (χ4n) is 21.2. The molecule has 2 saturated carbocycles. The van der Waals surface area contributed by atoms with E-state index < -0.39 is 339 Å². The molecule has 0 amide bonds. The van der Waals surface area contributed by atoms with E-state index in [9.17, 15) is 81.4 Å². The van der Waals surface area contributed by atoms with Crippen LogP contribution in [0.4, 0.5) is 0 Å². The van der Waals surface area contributed by atoms with Gasteiger partial charge in [-0.1, -0.05) is 26.7 Å². The van der Waals surface area contributed by atoms with Gasteiger partial charge in [-0.25, -0.2) is 0 Å². The molecule has 658 valence electrons. The van der Waals surface area contributed by atoms with E-state index in [0.29, 0.717) is 12.8 Å². The lowest BCUT2D eigenvalue weighted by atomic mass is 9.53. The number of carbonyl (C=O) groups is 5. The highest BCUT2D eigenvalue weighted by Gasteiger charge is 2.82. The van der Waals surface area contributed by atoms with Gasteiger partial charge in [0, 0.05) is 55.4 Å².